The van der Waals surface area contributed by atoms with Crippen molar-refractivity contribution in [2.24, 2.45) is 5.92 Å². The summed E-state index contributed by atoms with van der Waals surface area (Å²) in [7, 11) is 0. The highest BCUT2D eigenvalue weighted by molar-refractivity contribution is 6.04. The molecule has 1 heterocycles. The SMILES string of the molecule is CC(=O)c1ccccc1NC(=O)[C@@H](C)OC(=O)[C@@H]1CC(=O)N(C2CCCC2)C1. The van der Waals surface area contributed by atoms with Gasteiger partial charge in [-0.2, -0.15) is 0 Å². The molecule has 0 radical (unpaired) electrons. The maximum atomic E-state index is 12.5. The Labute approximate surface area is 164 Å². The highest BCUT2D eigenvalue weighted by atomic mass is 16.5. The lowest BCUT2D eigenvalue weighted by molar-refractivity contribution is -0.157. The first-order chi connectivity index (χ1) is 13.4. The van der Waals surface area contributed by atoms with Crippen LogP contribution in [-0.4, -0.2) is 47.2 Å². The summed E-state index contributed by atoms with van der Waals surface area (Å²) in [5.41, 5.74) is 0.773. The maximum Gasteiger partial charge on any atom is 0.312 e. The molecule has 0 unspecified atom stereocenters. The first kappa shape index (κ1) is 20.0. The lowest BCUT2D eigenvalue weighted by Gasteiger charge is -2.24. The van der Waals surface area contributed by atoms with Gasteiger partial charge in [0.15, 0.2) is 11.9 Å². The minimum Gasteiger partial charge on any atom is -0.452 e. The third-order valence-corrected chi connectivity index (χ3v) is 5.48. The largest absolute Gasteiger partial charge is 0.452 e. The maximum absolute atomic E-state index is 12.5. The molecule has 7 nitrogen and oxygen atoms in total. The van der Waals surface area contributed by atoms with E-state index in [4.69, 9.17) is 4.74 Å². The number of nitrogens with zero attached hydrogens (tertiary/aromatic N) is 1. The summed E-state index contributed by atoms with van der Waals surface area (Å²) in [6.45, 7) is 3.26. The van der Waals surface area contributed by atoms with E-state index in [1.165, 1.54) is 13.8 Å². The van der Waals surface area contributed by atoms with Gasteiger partial charge in [-0.1, -0.05) is 25.0 Å². The number of nitrogens with one attached hydrogen (secondary N) is 1. The van der Waals surface area contributed by atoms with Crippen molar-refractivity contribution in [1.29, 1.82) is 0 Å². The molecular formula is C21H26N2O5. The molecule has 150 valence electrons. The first-order valence-corrected chi connectivity index (χ1v) is 9.77. The summed E-state index contributed by atoms with van der Waals surface area (Å²) in [5.74, 6) is -1.76. The van der Waals surface area contributed by atoms with E-state index in [0.29, 0.717) is 17.8 Å². The van der Waals surface area contributed by atoms with E-state index < -0.39 is 23.9 Å². The van der Waals surface area contributed by atoms with Crippen LogP contribution in [0.3, 0.4) is 0 Å². The summed E-state index contributed by atoms with van der Waals surface area (Å²) in [6, 6.07) is 6.90. The highest BCUT2D eigenvalue weighted by Gasteiger charge is 2.40. The average molecular weight is 386 g/mol. The molecule has 28 heavy (non-hydrogen) atoms. The molecule has 2 aliphatic rings. The van der Waals surface area contributed by atoms with Gasteiger partial charge in [0.05, 0.1) is 11.6 Å². The summed E-state index contributed by atoms with van der Waals surface area (Å²) >= 11 is 0. The van der Waals surface area contributed by atoms with Crippen LogP contribution in [0.25, 0.3) is 0 Å². The lowest BCUT2D eigenvalue weighted by Crippen LogP contribution is -2.36. The third-order valence-electron chi connectivity index (χ3n) is 5.48. The van der Waals surface area contributed by atoms with Gasteiger partial charge in [0.25, 0.3) is 5.91 Å². The number of rotatable bonds is 6. The lowest BCUT2D eigenvalue weighted by atomic mass is 10.1. The number of esters is 1. The van der Waals surface area contributed by atoms with E-state index in [1.54, 1.807) is 29.2 Å². The summed E-state index contributed by atoms with van der Waals surface area (Å²) in [5, 5.41) is 2.64. The van der Waals surface area contributed by atoms with Crippen LogP contribution in [0.5, 0.6) is 0 Å². The van der Waals surface area contributed by atoms with Gasteiger partial charge >= 0.3 is 5.97 Å². The summed E-state index contributed by atoms with van der Waals surface area (Å²) < 4.78 is 5.31. The molecule has 1 aromatic carbocycles. The topological polar surface area (TPSA) is 92.8 Å². The van der Waals surface area contributed by atoms with Crippen LogP contribution in [-0.2, 0) is 19.1 Å². The van der Waals surface area contributed by atoms with Crippen LogP contribution in [0.1, 0.15) is 56.3 Å². The normalized spacial score (nSPS) is 20.9. The van der Waals surface area contributed by atoms with E-state index in [0.717, 1.165) is 25.7 Å². The quantitative estimate of drug-likeness (QED) is 0.599. The van der Waals surface area contributed by atoms with E-state index in [-0.39, 0.29) is 24.2 Å². The standard InChI is InChI=1S/C21H26N2O5/c1-13(24)17-9-5-6-10-18(17)22-20(26)14(2)28-21(27)15-11-19(25)23(12-15)16-7-3-4-8-16/h5-6,9-10,14-16H,3-4,7-8,11-12H2,1-2H3,(H,22,26)/t14-,15-/m1/s1. The van der Waals surface area contributed by atoms with Gasteiger partial charge in [-0.3, -0.25) is 19.2 Å². The summed E-state index contributed by atoms with van der Waals surface area (Å²) in [4.78, 5) is 50.6. The van der Waals surface area contributed by atoms with Gasteiger partial charge in [-0.05, 0) is 38.8 Å². The van der Waals surface area contributed by atoms with Crippen LogP contribution in [0.15, 0.2) is 24.3 Å². The Morgan fingerprint density at radius 1 is 1.18 bits per heavy atom. The van der Waals surface area contributed by atoms with Crippen molar-refractivity contribution in [2.45, 2.75) is 58.1 Å². The number of Topliss-reactive ketones (excluding diaryl/α,β-unsaturated/α-hetero) is 1. The number of para-hydroxylation sites is 1. The van der Waals surface area contributed by atoms with Crippen molar-refractivity contribution in [2.75, 3.05) is 11.9 Å². The number of ketones is 1. The number of hydrogen-bond donors (Lipinski definition) is 1. The molecule has 1 saturated carbocycles. The molecule has 2 atom stereocenters. The third kappa shape index (κ3) is 4.40. The zero-order chi connectivity index (χ0) is 20.3. The van der Waals surface area contributed by atoms with E-state index in [1.807, 2.05) is 0 Å². The Hall–Kier alpha value is -2.70. The van der Waals surface area contributed by atoms with Crippen molar-refractivity contribution >= 4 is 29.3 Å². The second-order valence-electron chi connectivity index (χ2n) is 7.56. The Balaban J connectivity index is 1.56. The fourth-order valence-electron chi connectivity index (χ4n) is 3.92. The van der Waals surface area contributed by atoms with Crippen molar-refractivity contribution in [3.63, 3.8) is 0 Å². The zero-order valence-corrected chi connectivity index (χ0v) is 16.3. The van der Waals surface area contributed by atoms with Gasteiger partial charge in [0.1, 0.15) is 0 Å². The van der Waals surface area contributed by atoms with Crippen molar-refractivity contribution < 1.29 is 23.9 Å². The van der Waals surface area contributed by atoms with Crippen molar-refractivity contribution in [1.82, 2.24) is 4.90 Å². The molecule has 3 rings (SSSR count). The molecule has 0 bridgehead atoms. The fraction of sp³-hybridized carbons (Fsp3) is 0.524. The number of amides is 2. The molecule has 1 aromatic rings. The van der Waals surface area contributed by atoms with Gasteiger partial charge < -0.3 is 15.0 Å². The Morgan fingerprint density at radius 2 is 1.86 bits per heavy atom. The van der Waals surface area contributed by atoms with Gasteiger partial charge in [0, 0.05) is 24.6 Å². The van der Waals surface area contributed by atoms with E-state index >= 15 is 0 Å². The number of ether oxygens (including phenoxy) is 1. The van der Waals surface area contributed by atoms with Gasteiger partial charge in [-0.25, -0.2) is 0 Å². The van der Waals surface area contributed by atoms with E-state index in [2.05, 4.69) is 5.32 Å². The molecule has 2 amide bonds. The van der Waals surface area contributed by atoms with Crippen LogP contribution in [0.4, 0.5) is 5.69 Å². The monoisotopic (exact) mass is 386 g/mol. The molecule has 1 saturated heterocycles. The molecule has 7 heteroatoms. The fourth-order valence-corrected chi connectivity index (χ4v) is 3.92. The van der Waals surface area contributed by atoms with Crippen LogP contribution in [0.2, 0.25) is 0 Å². The number of anilines is 1. The molecule has 0 aromatic heterocycles. The van der Waals surface area contributed by atoms with Gasteiger partial charge in [0.2, 0.25) is 5.91 Å². The average Bonchev–Trinajstić information content (AvgIpc) is 3.31. The highest BCUT2D eigenvalue weighted by Crippen LogP contribution is 2.30. The Kier molecular flexibility index (Phi) is 6.11. The Morgan fingerprint density at radius 3 is 2.54 bits per heavy atom. The second kappa shape index (κ2) is 8.54. The van der Waals surface area contributed by atoms with Gasteiger partial charge in [-0.15, -0.1) is 0 Å². The van der Waals surface area contributed by atoms with Crippen molar-refractivity contribution in [3.8, 4) is 0 Å². The van der Waals surface area contributed by atoms with Crippen LogP contribution in [0, 0.1) is 5.92 Å². The molecule has 1 aliphatic heterocycles. The molecule has 2 fully saturated rings. The molecule has 1 N–H and O–H groups in total. The van der Waals surface area contributed by atoms with Crippen LogP contribution >= 0.6 is 0 Å². The number of hydrogen-bond acceptors (Lipinski definition) is 5. The van der Waals surface area contributed by atoms with Crippen molar-refractivity contribution in [3.05, 3.63) is 29.8 Å². The predicted molar refractivity (Wildman–Crippen MR) is 103 cm³/mol. The molecule has 1 aliphatic carbocycles. The number of carbonyl (C=O) groups excluding carboxylic acids is 4. The smallest absolute Gasteiger partial charge is 0.312 e. The number of carbonyl (C=O) groups is 4. The number of likely N-dealkylation sites (tertiary alicyclic amines) is 1. The first-order valence-electron chi connectivity index (χ1n) is 9.77. The minimum atomic E-state index is -1.02. The molecular weight excluding hydrogens is 360 g/mol. The number of benzene rings is 1. The second-order valence-corrected chi connectivity index (χ2v) is 7.56. The zero-order valence-electron chi connectivity index (χ0n) is 16.3. The Bertz CT molecular complexity index is 785. The van der Waals surface area contributed by atoms with Crippen LogP contribution < -0.4 is 5.32 Å². The predicted octanol–water partition coefficient (Wildman–Crippen LogP) is 2.55. The summed E-state index contributed by atoms with van der Waals surface area (Å²) in [6.07, 6.45) is 3.31. The molecule has 0 spiro atoms. The minimum absolute atomic E-state index is 0.0126. The van der Waals surface area contributed by atoms with E-state index in [9.17, 15) is 19.2 Å².